The Morgan fingerprint density at radius 3 is 2.80 bits per heavy atom. The van der Waals surface area contributed by atoms with Crippen molar-refractivity contribution in [3.05, 3.63) is 29.3 Å². The highest BCUT2D eigenvalue weighted by Gasteiger charge is 2.36. The van der Waals surface area contributed by atoms with Gasteiger partial charge in [0.2, 0.25) is 0 Å². The average Bonchev–Trinajstić information content (AvgIpc) is 2.77. The van der Waals surface area contributed by atoms with Crippen molar-refractivity contribution in [2.75, 3.05) is 18.4 Å². The molecule has 1 N–H and O–H groups in total. The molecule has 0 spiro atoms. The molecule has 1 fully saturated rings. The summed E-state index contributed by atoms with van der Waals surface area (Å²) in [5.41, 5.74) is 3.26. The van der Waals surface area contributed by atoms with E-state index >= 15 is 0 Å². The minimum Gasteiger partial charge on any atom is -0.385 e. The van der Waals surface area contributed by atoms with Crippen molar-refractivity contribution in [3.63, 3.8) is 0 Å². The van der Waals surface area contributed by atoms with Crippen LogP contribution in [0.4, 0.5) is 5.69 Å². The van der Waals surface area contributed by atoms with E-state index in [0.717, 1.165) is 50.0 Å². The van der Waals surface area contributed by atoms with Crippen LogP contribution in [0, 0.1) is 0 Å². The maximum absolute atomic E-state index is 12.8. The van der Waals surface area contributed by atoms with Gasteiger partial charge in [0.25, 0.3) is 5.91 Å². The highest BCUT2D eigenvalue weighted by molar-refractivity contribution is 5.98. The number of carbonyl (C=O) groups excluding carboxylic acids is 1. The number of hydrogen-bond donors (Lipinski definition) is 1. The molecule has 1 saturated heterocycles. The third-order valence-corrected chi connectivity index (χ3v) is 4.47. The Kier molecular flexibility index (Phi) is 4.28. The summed E-state index contributed by atoms with van der Waals surface area (Å²) in [6.07, 6.45) is 4.34. The Morgan fingerprint density at radius 2 is 2.10 bits per heavy atom. The quantitative estimate of drug-likeness (QED) is 0.860. The number of anilines is 1. The summed E-state index contributed by atoms with van der Waals surface area (Å²) in [7, 11) is 0. The van der Waals surface area contributed by atoms with Gasteiger partial charge < -0.3 is 10.2 Å². The molecule has 2 aliphatic heterocycles. The Bertz CT molecular complexity index is 513. The van der Waals surface area contributed by atoms with Gasteiger partial charge >= 0.3 is 0 Å². The molecule has 4 heteroatoms. The largest absolute Gasteiger partial charge is 0.385 e. The lowest BCUT2D eigenvalue weighted by Gasteiger charge is -2.33. The average molecular weight is 295 g/mol. The first-order valence-corrected chi connectivity index (χ1v) is 7.27. The van der Waals surface area contributed by atoms with Crippen molar-refractivity contribution in [2.45, 2.75) is 45.1 Å². The van der Waals surface area contributed by atoms with Crippen LogP contribution in [0.2, 0.25) is 0 Å². The van der Waals surface area contributed by atoms with E-state index in [9.17, 15) is 4.79 Å². The van der Waals surface area contributed by atoms with Crippen LogP contribution in [0.1, 0.15) is 49.0 Å². The summed E-state index contributed by atoms with van der Waals surface area (Å²) < 4.78 is 0. The minimum absolute atomic E-state index is 0. The van der Waals surface area contributed by atoms with Crippen molar-refractivity contribution >= 4 is 24.0 Å². The SMILES string of the molecule is CC1(C)CCCN1C(=O)c1cccc2c1CCCN2.Cl. The number of halogens is 1. The van der Waals surface area contributed by atoms with E-state index in [1.165, 1.54) is 5.56 Å². The van der Waals surface area contributed by atoms with Gasteiger partial charge in [0.1, 0.15) is 0 Å². The van der Waals surface area contributed by atoms with E-state index in [0.29, 0.717) is 0 Å². The molecule has 0 aliphatic carbocycles. The number of nitrogens with one attached hydrogen (secondary N) is 1. The highest BCUT2D eigenvalue weighted by atomic mass is 35.5. The van der Waals surface area contributed by atoms with Gasteiger partial charge in [0.05, 0.1) is 0 Å². The van der Waals surface area contributed by atoms with Crippen LogP contribution in [-0.4, -0.2) is 29.4 Å². The van der Waals surface area contributed by atoms with Crippen LogP contribution < -0.4 is 5.32 Å². The van der Waals surface area contributed by atoms with Crippen LogP contribution in [0.3, 0.4) is 0 Å². The maximum Gasteiger partial charge on any atom is 0.254 e. The second-order valence-electron chi connectivity index (χ2n) is 6.23. The zero-order chi connectivity index (χ0) is 13.5. The lowest BCUT2D eigenvalue weighted by atomic mass is 9.95. The van der Waals surface area contributed by atoms with Gasteiger partial charge in [0.15, 0.2) is 0 Å². The first-order valence-electron chi connectivity index (χ1n) is 7.27. The van der Waals surface area contributed by atoms with Crippen molar-refractivity contribution in [1.29, 1.82) is 0 Å². The van der Waals surface area contributed by atoms with Gasteiger partial charge in [-0.3, -0.25) is 4.79 Å². The van der Waals surface area contributed by atoms with E-state index in [1.54, 1.807) is 0 Å². The number of amides is 1. The summed E-state index contributed by atoms with van der Waals surface area (Å²) in [5.74, 6) is 0.211. The Balaban J connectivity index is 0.00000147. The van der Waals surface area contributed by atoms with Gasteiger partial charge in [-0.15, -0.1) is 12.4 Å². The number of benzene rings is 1. The number of hydrogen-bond acceptors (Lipinski definition) is 2. The van der Waals surface area contributed by atoms with E-state index in [4.69, 9.17) is 0 Å². The van der Waals surface area contributed by atoms with Crippen LogP contribution in [0.5, 0.6) is 0 Å². The lowest BCUT2D eigenvalue weighted by Crippen LogP contribution is -2.43. The molecule has 0 radical (unpaired) electrons. The normalized spacial score (nSPS) is 19.8. The maximum atomic E-state index is 12.8. The fraction of sp³-hybridized carbons (Fsp3) is 0.562. The Morgan fingerprint density at radius 1 is 1.30 bits per heavy atom. The van der Waals surface area contributed by atoms with E-state index in [-0.39, 0.29) is 23.9 Å². The number of likely N-dealkylation sites (tertiary alicyclic amines) is 1. The van der Waals surface area contributed by atoms with Crippen LogP contribution in [0.15, 0.2) is 18.2 Å². The zero-order valence-electron chi connectivity index (χ0n) is 12.2. The predicted octanol–water partition coefficient (Wildman–Crippen LogP) is 3.48. The first kappa shape index (κ1) is 15.2. The molecule has 0 aromatic heterocycles. The molecule has 0 atom stereocenters. The minimum atomic E-state index is 0. The van der Waals surface area contributed by atoms with E-state index in [2.05, 4.69) is 30.1 Å². The number of rotatable bonds is 1. The second kappa shape index (κ2) is 5.65. The van der Waals surface area contributed by atoms with Crippen LogP contribution >= 0.6 is 12.4 Å². The summed E-state index contributed by atoms with van der Waals surface area (Å²) in [6, 6.07) is 6.07. The molecule has 3 rings (SSSR count). The molecule has 1 aromatic rings. The summed E-state index contributed by atoms with van der Waals surface area (Å²) >= 11 is 0. The van der Waals surface area contributed by atoms with Crippen LogP contribution in [0.25, 0.3) is 0 Å². The lowest BCUT2D eigenvalue weighted by molar-refractivity contribution is 0.0651. The predicted molar refractivity (Wildman–Crippen MR) is 84.9 cm³/mol. The van der Waals surface area contributed by atoms with Gasteiger partial charge in [-0.2, -0.15) is 0 Å². The van der Waals surface area contributed by atoms with Gasteiger partial charge in [-0.05, 0) is 57.2 Å². The van der Waals surface area contributed by atoms with E-state index in [1.807, 2.05) is 12.1 Å². The summed E-state index contributed by atoms with van der Waals surface area (Å²) in [5, 5.41) is 3.40. The van der Waals surface area contributed by atoms with Gasteiger partial charge in [-0.1, -0.05) is 6.07 Å². The Hall–Kier alpha value is -1.22. The van der Waals surface area contributed by atoms with Gasteiger partial charge in [0, 0.05) is 29.9 Å². The third kappa shape index (κ3) is 2.51. The molecule has 1 amide bonds. The molecular weight excluding hydrogens is 272 g/mol. The molecule has 2 heterocycles. The number of carbonyl (C=O) groups is 1. The van der Waals surface area contributed by atoms with E-state index < -0.39 is 0 Å². The van der Waals surface area contributed by atoms with Crippen LogP contribution in [-0.2, 0) is 6.42 Å². The topological polar surface area (TPSA) is 32.3 Å². The van der Waals surface area contributed by atoms with Crippen molar-refractivity contribution in [2.24, 2.45) is 0 Å². The third-order valence-electron chi connectivity index (χ3n) is 4.47. The molecule has 0 bridgehead atoms. The zero-order valence-corrected chi connectivity index (χ0v) is 13.1. The summed E-state index contributed by atoms with van der Waals surface area (Å²) in [6.45, 7) is 6.25. The Labute approximate surface area is 127 Å². The summed E-state index contributed by atoms with van der Waals surface area (Å²) in [4.78, 5) is 14.9. The second-order valence-corrected chi connectivity index (χ2v) is 6.23. The standard InChI is InChI=1S/C16H22N2O.ClH/c1-16(2)9-5-11-18(16)15(19)13-6-3-8-14-12(13)7-4-10-17-14;/h3,6,8,17H,4-5,7,9-11H2,1-2H3;1H. The van der Waals surface area contributed by atoms with Crippen molar-refractivity contribution < 1.29 is 4.79 Å². The van der Waals surface area contributed by atoms with Crippen molar-refractivity contribution in [3.8, 4) is 0 Å². The number of nitrogens with zero attached hydrogens (tertiary/aromatic N) is 1. The smallest absolute Gasteiger partial charge is 0.254 e. The highest BCUT2D eigenvalue weighted by Crippen LogP contribution is 2.32. The molecule has 0 saturated carbocycles. The first-order chi connectivity index (χ1) is 9.09. The number of fused-ring (bicyclic) bond motifs is 1. The molecule has 3 nitrogen and oxygen atoms in total. The molecule has 20 heavy (non-hydrogen) atoms. The fourth-order valence-corrected chi connectivity index (χ4v) is 3.34. The fourth-order valence-electron chi connectivity index (χ4n) is 3.34. The molecule has 110 valence electrons. The molecular formula is C16H23ClN2O. The van der Waals surface area contributed by atoms with Crippen molar-refractivity contribution in [1.82, 2.24) is 4.90 Å². The molecule has 2 aliphatic rings. The monoisotopic (exact) mass is 294 g/mol. The van der Waals surface area contributed by atoms with Gasteiger partial charge in [-0.25, -0.2) is 0 Å². The molecule has 0 unspecified atom stereocenters. The molecule has 1 aromatic carbocycles.